The van der Waals surface area contributed by atoms with E-state index in [1.807, 2.05) is 51.1 Å². The molecule has 1 aromatic carbocycles. The van der Waals surface area contributed by atoms with Crippen molar-refractivity contribution in [3.8, 4) is 0 Å². The Labute approximate surface area is 143 Å². The Morgan fingerprint density at radius 3 is 2.42 bits per heavy atom. The summed E-state index contributed by atoms with van der Waals surface area (Å²) < 4.78 is 10.6. The van der Waals surface area contributed by atoms with Crippen molar-refractivity contribution in [2.45, 2.75) is 39.7 Å². The molecule has 5 nitrogen and oxygen atoms in total. The summed E-state index contributed by atoms with van der Waals surface area (Å²) in [5.74, 6) is -0.371. The van der Waals surface area contributed by atoms with Gasteiger partial charge in [-0.2, -0.15) is 0 Å². The van der Waals surface area contributed by atoms with Gasteiger partial charge in [0.25, 0.3) is 0 Å². The SMILES string of the molecule is CCOC(=O)C1=C(c2ccccc2)CCN(C(=O)OC(C)(C)C)C1. The molecule has 0 saturated carbocycles. The van der Waals surface area contributed by atoms with E-state index < -0.39 is 11.7 Å². The third-order valence-electron chi connectivity index (χ3n) is 3.64. The number of hydrogen-bond acceptors (Lipinski definition) is 4. The van der Waals surface area contributed by atoms with Gasteiger partial charge in [-0.05, 0) is 45.3 Å². The number of ether oxygens (including phenoxy) is 2. The van der Waals surface area contributed by atoms with Crippen LogP contribution in [-0.4, -0.2) is 42.3 Å². The smallest absolute Gasteiger partial charge is 0.410 e. The van der Waals surface area contributed by atoms with Crippen molar-refractivity contribution in [3.63, 3.8) is 0 Å². The first-order chi connectivity index (χ1) is 11.3. The van der Waals surface area contributed by atoms with Gasteiger partial charge in [0.2, 0.25) is 0 Å². The van der Waals surface area contributed by atoms with E-state index in [-0.39, 0.29) is 12.5 Å². The molecule has 0 radical (unpaired) electrons. The standard InChI is InChI=1S/C19H25NO4/c1-5-23-17(21)16-13-20(18(22)24-19(2,3)4)12-11-15(16)14-9-7-6-8-10-14/h6-10H,5,11-13H2,1-4H3. The zero-order chi connectivity index (χ0) is 17.7. The van der Waals surface area contributed by atoms with Crippen LogP contribution in [0.3, 0.4) is 0 Å². The molecule has 0 aliphatic carbocycles. The van der Waals surface area contributed by atoms with E-state index in [9.17, 15) is 9.59 Å². The van der Waals surface area contributed by atoms with E-state index in [4.69, 9.17) is 9.47 Å². The first kappa shape index (κ1) is 18.0. The van der Waals surface area contributed by atoms with Crippen LogP contribution in [0.25, 0.3) is 5.57 Å². The van der Waals surface area contributed by atoms with Crippen LogP contribution in [0.2, 0.25) is 0 Å². The first-order valence-corrected chi connectivity index (χ1v) is 8.24. The van der Waals surface area contributed by atoms with Crippen molar-refractivity contribution in [2.24, 2.45) is 0 Å². The highest BCUT2D eigenvalue weighted by molar-refractivity contribution is 5.99. The van der Waals surface area contributed by atoms with E-state index in [1.165, 1.54) is 0 Å². The molecule has 24 heavy (non-hydrogen) atoms. The topological polar surface area (TPSA) is 55.8 Å². The molecule has 2 rings (SSSR count). The van der Waals surface area contributed by atoms with Gasteiger partial charge in [-0.15, -0.1) is 0 Å². The molecule has 1 aliphatic rings. The fraction of sp³-hybridized carbons (Fsp3) is 0.474. The Morgan fingerprint density at radius 1 is 1.17 bits per heavy atom. The van der Waals surface area contributed by atoms with Crippen LogP contribution in [0.5, 0.6) is 0 Å². The highest BCUT2D eigenvalue weighted by Gasteiger charge is 2.30. The third-order valence-corrected chi connectivity index (χ3v) is 3.64. The van der Waals surface area contributed by atoms with E-state index in [0.717, 1.165) is 11.1 Å². The summed E-state index contributed by atoms with van der Waals surface area (Å²) in [5, 5.41) is 0. The molecule has 0 atom stereocenters. The van der Waals surface area contributed by atoms with Crippen molar-refractivity contribution in [1.82, 2.24) is 4.90 Å². The largest absolute Gasteiger partial charge is 0.463 e. The fourth-order valence-electron chi connectivity index (χ4n) is 2.61. The lowest BCUT2D eigenvalue weighted by Gasteiger charge is -2.32. The van der Waals surface area contributed by atoms with Gasteiger partial charge in [-0.3, -0.25) is 0 Å². The van der Waals surface area contributed by atoms with Crippen LogP contribution in [0.15, 0.2) is 35.9 Å². The van der Waals surface area contributed by atoms with Crippen LogP contribution in [0.1, 0.15) is 39.7 Å². The molecule has 0 N–H and O–H groups in total. The van der Waals surface area contributed by atoms with Gasteiger partial charge < -0.3 is 14.4 Å². The summed E-state index contributed by atoms with van der Waals surface area (Å²) in [5.41, 5.74) is 1.89. The second-order valence-corrected chi connectivity index (χ2v) is 6.70. The fourth-order valence-corrected chi connectivity index (χ4v) is 2.61. The molecule has 130 valence electrons. The van der Waals surface area contributed by atoms with E-state index in [1.54, 1.807) is 11.8 Å². The van der Waals surface area contributed by atoms with Crippen LogP contribution < -0.4 is 0 Å². The van der Waals surface area contributed by atoms with Crippen molar-refractivity contribution in [3.05, 3.63) is 41.5 Å². The number of carbonyl (C=O) groups is 2. The normalized spacial score (nSPS) is 15.2. The quantitative estimate of drug-likeness (QED) is 0.794. The van der Waals surface area contributed by atoms with E-state index in [0.29, 0.717) is 25.1 Å². The van der Waals surface area contributed by atoms with Gasteiger partial charge in [-0.25, -0.2) is 9.59 Å². The lowest BCUT2D eigenvalue weighted by Crippen LogP contribution is -2.42. The lowest BCUT2D eigenvalue weighted by molar-refractivity contribution is -0.138. The first-order valence-electron chi connectivity index (χ1n) is 8.24. The summed E-state index contributed by atoms with van der Waals surface area (Å²) in [6, 6.07) is 9.75. The van der Waals surface area contributed by atoms with Crippen LogP contribution in [0.4, 0.5) is 4.79 Å². The third kappa shape index (κ3) is 4.60. The van der Waals surface area contributed by atoms with Gasteiger partial charge in [0.15, 0.2) is 0 Å². The minimum atomic E-state index is -0.565. The Balaban J connectivity index is 2.28. The predicted molar refractivity (Wildman–Crippen MR) is 92.4 cm³/mol. The average molecular weight is 331 g/mol. The minimum Gasteiger partial charge on any atom is -0.463 e. The molecule has 1 aliphatic heterocycles. The Kier molecular flexibility index (Phi) is 5.65. The molecule has 0 unspecified atom stereocenters. The highest BCUT2D eigenvalue weighted by Crippen LogP contribution is 2.29. The summed E-state index contributed by atoms with van der Waals surface area (Å²) in [6.07, 6.45) is 0.189. The summed E-state index contributed by atoms with van der Waals surface area (Å²) in [6.45, 7) is 8.27. The van der Waals surface area contributed by atoms with E-state index in [2.05, 4.69) is 0 Å². The average Bonchev–Trinajstić information content (AvgIpc) is 2.54. The number of benzene rings is 1. The van der Waals surface area contributed by atoms with Crippen molar-refractivity contribution in [1.29, 1.82) is 0 Å². The maximum Gasteiger partial charge on any atom is 0.410 e. The van der Waals surface area contributed by atoms with Crippen molar-refractivity contribution >= 4 is 17.6 Å². The summed E-state index contributed by atoms with van der Waals surface area (Å²) >= 11 is 0. The van der Waals surface area contributed by atoms with Crippen LogP contribution in [-0.2, 0) is 14.3 Å². The molecule has 0 fully saturated rings. The Hall–Kier alpha value is -2.30. The van der Waals surface area contributed by atoms with Crippen LogP contribution in [0, 0.1) is 0 Å². The molecule has 1 heterocycles. The monoisotopic (exact) mass is 331 g/mol. The number of amides is 1. The van der Waals surface area contributed by atoms with Gasteiger partial charge in [0.05, 0.1) is 18.7 Å². The highest BCUT2D eigenvalue weighted by atomic mass is 16.6. The van der Waals surface area contributed by atoms with E-state index >= 15 is 0 Å². The Morgan fingerprint density at radius 2 is 1.83 bits per heavy atom. The van der Waals surface area contributed by atoms with Gasteiger partial charge in [0.1, 0.15) is 5.60 Å². The molecular formula is C19H25NO4. The van der Waals surface area contributed by atoms with Crippen molar-refractivity contribution in [2.75, 3.05) is 19.7 Å². The summed E-state index contributed by atoms with van der Waals surface area (Å²) in [7, 11) is 0. The zero-order valence-corrected chi connectivity index (χ0v) is 14.8. The number of rotatable bonds is 3. The molecule has 0 saturated heterocycles. The van der Waals surface area contributed by atoms with Gasteiger partial charge in [-0.1, -0.05) is 30.3 Å². The number of carbonyl (C=O) groups excluding carboxylic acids is 2. The lowest BCUT2D eigenvalue weighted by atomic mass is 9.93. The molecule has 5 heteroatoms. The number of hydrogen-bond donors (Lipinski definition) is 0. The molecule has 1 amide bonds. The zero-order valence-electron chi connectivity index (χ0n) is 14.8. The number of esters is 1. The van der Waals surface area contributed by atoms with Crippen LogP contribution >= 0.6 is 0 Å². The Bertz CT molecular complexity index is 629. The molecule has 0 aromatic heterocycles. The minimum absolute atomic E-state index is 0.206. The molecule has 0 spiro atoms. The summed E-state index contributed by atoms with van der Waals surface area (Å²) in [4.78, 5) is 26.2. The maximum absolute atomic E-state index is 12.4. The number of nitrogens with zero attached hydrogens (tertiary/aromatic N) is 1. The van der Waals surface area contributed by atoms with Gasteiger partial charge >= 0.3 is 12.1 Å². The second kappa shape index (κ2) is 7.51. The van der Waals surface area contributed by atoms with Crippen molar-refractivity contribution < 1.29 is 19.1 Å². The maximum atomic E-state index is 12.4. The molecule has 0 bridgehead atoms. The molecular weight excluding hydrogens is 306 g/mol. The van der Waals surface area contributed by atoms with Gasteiger partial charge in [0, 0.05) is 6.54 Å². The second-order valence-electron chi connectivity index (χ2n) is 6.70. The predicted octanol–water partition coefficient (Wildman–Crippen LogP) is 3.64. The molecule has 1 aromatic rings.